The second-order valence-electron chi connectivity index (χ2n) is 5.45. The lowest BCUT2D eigenvalue weighted by molar-refractivity contribution is 0.761. The predicted octanol–water partition coefficient (Wildman–Crippen LogP) is 4.61. The second-order valence-corrected chi connectivity index (χ2v) is 6.31. The standard InChI is InChI=1S/C17H19BrN2/c1-20(2)17-9-4-3-8-16(17)19-15-11-10-12-13(15)6-5-7-14(12)18/h3-9,15,19H,10-11H2,1-2H3. The van der Waals surface area contributed by atoms with Gasteiger partial charge in [0.15, 0.2) is 0 Å². The van der Waals surface area contributed by atoms with Crippen molar-refractivity contribution in [3.05, 3.63) is 58.1 Å². The summed E-state index contributed by atoms with van der Waals surface area (Å²) in [4.78, 5) is 2.15. The number of benzene rings is 2. The molecule has 0 fully saturated rings. The summed E-state index contributed by atoms with van der Waals surface area (Å²) in [6.07, 6.45) is 2.29. The van der Waals surface area contributed by atoms with Crippen molar-refractivity contribution in [3.63, 3.8) is 0 Å². The van der Waals surface area contributed by atoms with Gasteiger partial charge in [0.2, 0.25) is 0 Å². The van der Waals surface area contributed by atoms with Gasteiger partial charge < -0.3 is 10.2 Å². The van der Waals surface area contributed by atoms with Crippen LogP contribution in [-0.4, -0.2) is 14.1 Å². The van der Waals surface area contributed by atoms with E-state index in [1.54, 1.807) is 0 Å². The van der Waals surface area contributed by atoms with Crippen LogP contribution in [0.1, 0.15) is 23.6 Å². The average Bonchev–Trinajstić information content (AvgIpc) is 2.84. The Morgan fingerprint density at radius 1 is 1.10 bits per heavy atom. The van der Waals surface area contributed by atoms with Gasteiger partial charge in [-0.2, -0.15) is 0 Å². The van der Waals surface area contributed by atoms with Gasteiger partial charge in [-0.25, -0.2) is 0 Å². The lowest BCUT2D eigenvalue weighted by Gasteiger charge is -2.22. The second kappa shape index (κ2) is 5.49. The van der Waals surface area contributed by atoms with E-state index in [4.69, 9.17) is 0 Å². The van der Waals surface area contributed by atoms with Crippen molar-refractivity contribution in [1.29, 1.82) is 0 Å². The Kier molecular flexibility index (Phi) is 3.70. The van der Waals surface area contributed by atoms with Crippen molar-refractivity contribution in [2.24, 2.45) is 0 Å². The maximum Gasteiger partial charge on any atom is 0.0596 e. The molecule has 1 unspecified atom stereocenters. The van der Waals surface area contributed by atoms with Gasteiger partial charge in [-0.15, -0.1) is 0 Å². The first-order valence-corrected chi connectivity index (χ1v) is 7.76. The Morgan fingerprint density at radius 2 is 1.90 bits per heavy atom. The fourth-order valence-corrected chi connectivity index (χ4v) is 3.51. The normalized spacial score (nSPS) is 16.9. The van der Waals surface area contributed by atoms with E-state index in [0.29, 0.717) is 6.04 Å². The van der Waals surface area contributed by atoms with Crippen molar-refractivity contribution < 1.29 is 0 Å². The van der Waals surface area contributed by atoms with Crippen LogP contribution < -0.4 is 10.2 Å². The molecule has 1 aliphatic rings. The molecule has 1 aliphatic carbocycles. The average molecular weight is 331 g/mol. The summed E-state index contributed by atoms with van der Waals surface area (Å²) in [5.74, 6) is 0. The van der Waals surface area contributed by atoms with Crippen LogP contribution in [0, 0.1) is 0 Å². The van der Waals surface area contributed by atoms with Gasteiger partial charge in [-0.1, -0.05) is 40.2 Å². The van der Waals surface area contributed by atoms with Gasteiger partial charge in [0.05, 0.1) is 17.4 Å². The Balaban J connectivity index is 1.90. The van der Waals surface area contributed by atoms with E-state index in [2.05, 4.69) is 82.7 Å². The molecule has 1 N–H and O–H groups in total. The van der Waals surface area contributed by atoms with E-state index >= 15 is 0 Å². The Labute approximate surface area is 128 Å². The molecule has 0 saturated carbocycles. The molecule has 0 radical (unpaired) electrons. The summed E-state index contributed by atoms with van der Waals surface area (Å²) in [5, 5.41) is 3.71. The van der Waals surface area contributed by atoms with Crippen LogP contribution >= 0.6 is 15.9 Å². The number of rotatable bonds is 3. The molecule has 1 atom stereocenters. The molecule has 0 aliphatic heterocycles. The minimum Gasteiger partial charge on any atom is -0.377 e. The Morgan fingerprint density at radius 3 is 2.70 bits per heavy atom. The van der Waals surface area contributed by atoms with Crippen molar-refractivity contribution in [2.75, 3.05) is 24.3 Å². The van der Waals surface area contributed by atoms with Crippen molar-refractivity contribution in [1.82, 2.24) is 0 Å². The van der Waals surface area contributed by atoms with Crippen molar-refractivity contribution in [2.45, 2.75) is 18.9 Å². The van der Waals surface area contributed by atoms with E-state index < -0.39 is 0 Å². The van der Waals surface area contributed by atoms with Crippen LogP contribution in [0.2, 0.25) is 0 Å². The van der Waals surface area contributed by atoms with E-state index in [1.165, 1.54) is 27.0 Å². The smallest absolute Gasteiger partial charge is 0.0596 e. The van der Waals surface area contributed by atoms with Crippen molar-refractivity contribution >= 4 is 27.3 Å². The van der Waals surface area contributed by atoms with Gasteiger partial charge in [0.25, 0.3) is 0 Å². The maximum atomic E-state index is 3.71. The highest BCUT2D eigenvalue weighted by atomic mass is 79.9. The zero-order valence-corrected chi connectivity index (χ0v) is 13.4. The molecule has 2 aromatic rings. The lowest BCUT2D eigenvalue weighted by Crippen LogP contribution is -2.14. The SMILES string of the molecule is CN(C)c1ccccc1NC1CCc2c(Br)cccc21. The molecule has 3 heteroatoms. The van der Waals surface area contributed by atoms with E-state index in [1.807, 2.05) is 0 Å². The summed E-state index contributed by atoms with van der Waals surface area (Å²) in [6.45, 7) is 0. The first-order chi connectivity index (χ1) is 9.66. The number of para-hydroxylation sites is 2. The quantitative estimate of drug-likeness (QED) is 0.883. The third kappa shape index (κ3) is 2.42. The first kappa shape index (κ1) is 13.5. The Hall–Kier alpha value is -1.48. The topological polar surface area (TPSA) is 15.3 Å². The molecule has 0 spiro atoms. The molecule has 20 heavy (non-hydrogen) atoms. The molecule has 0 heterocycles. The minimum absolute atomic E-state index is 0.406. The summed E-state index contributed by atoms with van der Waals surface area (Å²) in [7, 11) is 4.17. The summed E-state index contributed by atoms with van der Waals surface area (Å²) in [6, 6.07) is 15.4. The zero-order valence-electron chi connectivity index (χ0n) is 11.9. The molecule has 0 saturated heterocycles. The van der Waals surface area contributed by atoms with E-state index in [0.717, 1.165) is 12.8 Å². The number of hydrogen-bond acceptors (Lipinski definition) is 2. The summed E-state index contributed by atoms with van der Waals surface area (Å²) in [5.41, 5.74) is 5.31. The number of halogens is 1. The van der Waals surface area contributed by atoms with Gasteiger partial charge in [0, 0.05) is 18.6 Å². The summed E-state index contributed by atoms with van der Waals surface area (Å²) < 4.78 is 1.24. The van der Waals surface area contributed by atoms with Crippen molar-refractivity contribution in [3.8, 4) is 0 Å². The fourth-order valence-electron chi connectivity index (χ4n) is 2.93. The van der Waals surface area contributed by atoms with Crippen LogP contribution in [0.4, 0.5) is 11.4 Å². The first-order valence-electron chi connectivity index (χ1n) is 6.97. The van der Waals surface area contributed by atoms with Crippen LogP contribution in [0.3, 0.4) is 0 Å². The largest absolute Gasteiger partial charge is 0.377 e. The molecule has 0 aromatic heterocycles. The zero-order chi connectivity index (χ0) is 14.1. The van der Waals surface area contributed by atoms with Gasteiger partial charge >= 0.3 is 0 Å². The van der Waals surface area contributed by atoms with Crippen LogP contribution in [-0.2, 0) is 6.42 Å². The number of hydrogen-bond donors (Lipinski definition) is 1. The van der Waals surface area contributed by atoms with E-state index in [-0.39, 0.29) is 0 Å². The third-order valence-corrected chi connectivity index (χ3v) is 4.67. The lowest BCUT2D eigenvalue weighted by atomic mass is 10.1. The van der Waals surface area contributed by atoms with Crippen LogP contribution in [0.15, 0.2) is 46.9 Å². The number of anilines is 2. The highest BCUT2D eigenvalue weighted by molar-refractivity contribution is 9.10. The molecular formula is C17H19BrN2. The number of fused-ring (bicyclic) bond motifs is 1. The molecule has 0 bridgehead atoms. The molecule has 0 amide bonds. The summed E-state index contributed by atoms with van der Waals surface area (Å²) >= 11 is 3.66. The van der Waals surface area contributed by atoms with E-state index in [9.17, 15) is 0 Å². The molecule has 3 rings (SSSR count). The predicted molar refractivity (Wildman–Crippen MR) is 89.6 cm³/mol. The highest BCUT2D eigenvalue weighted by Crippen LogP contribution is 2.39. The Bertz CT molecular complexity index is 622. The highest BCUT2D eigenvalue weighted by Gasteiger charge is 2.24. The van der Waals surface area contributed by atoms with Gasteiger partial charge in [-0.05, 0) is 42.2 Å². The van der Waals surface area contributed by atoms with Gasteiger partial charge in [0.1, 0.15) is 0 Å². The monoisotopic (exact) mass is 330 g/mol. The van der Waals surface area contributed by atoms with Gasteiger partial charge in [-0.3, -0.25) is 0 Å². The fraction of sp³-hybridized carbons (Fsp3) is 0.294. The van der Waals surface area contributed by atoms with Crippen LogP contribution in [0.5, 0.6) is 0 Å². The molecule has 2 nitrogen and oxygen atoms in total. The minimum atomic E-state index is 0.406. The molecular weight excluding hydrogens is 312 g/mol. The third-order valence-electron chi connectivity index (χ3n) is 3.93. The molecule has 104 valence electrons. The molecule has 2 aromatic carbocycles. The maximum absolute atomic E-state index is 3.71. The van der Waals surface area contributed by atoms with Crippen LogP contribution in [0.25, 0.3) is 0 Å². The number of nitrogens with zero attached hydrogens (tertiary/aromatic N) is 1. The number of nitrogens with one attached hydrogen (secondary N) is 1.